The summed E-state index contributed by atoms with van der Waals surface area (Å²) in [7, 11) is 1.64. The van der Waals surface area contributed by atoms with E-state index in [0.717, 1.165) is 37.5 Å². The number of tetrazole rings is 1. The fourth-order valence-corrected chi connectivity index (χ4v) is 4.50. The maximum atomic E-state index is 15.0. The molecule has 0 bridgehead atoms. The number of nitrogens with zero attached hydrogens (tertiary/aromatic N) is 6. The molecule has 1 saturated heterocycles. The van der Waals surface area contributed by atoms with Crippen molar-refractivity contribution in [2.24, 2.45) is 0 Å². The van der Waals surface area contributed by atoms with E-state index in [2.05, 4.69) is 49.6 Å². The molecule has 3 aromatic carbocycles. The molecule has 4 aromatic rings. The Labute approximate surface area is 198 Å². The number of methoxy groups -OCH3 is 1. The molecule has 0 saturated carbocycles. The van der Waals surface area contributed by atoms with Gasteiger partial charge in [0, 0.05) is 37.4 Å². The van der Waals surface area contributed by atoms with Crippen LogP contribution < -0.4 is 9.64 Å². The van der Waals surface area contributed by atoms with Crippen molar-refractivity contribution in [1.29, 1.82) is 0 Å². The Hall–Kier alpha value is -3.78. The minimum atomic E-state index is -0.382. The number of halogens is 1. The molecule has 1 fully saturated rings. The Balaban J connectivity index is 1.43. The molecule has 174 valence electrons. The summed E-state index contributed by atoms with van der Waals surface area (Å²) >= 11 is 0. The molecular formula is C26H27FN6O. The van der Waals surface area contributed by atoms with Crippen molar-refractivity contribution >= 4 is 5.69 Å². The van der Waals surface area contributed by atoms with Crippen molar-refractivity contribution in [3.8, 4) is 5.75 Å². The summed E-state index contributed by atoms with van der Waals surface area (Å²) in [5.41, 5.74) is 2.82. The Morgan fingerprint density at radius 3 is 2.29 bits per heavy atom. The summed E-state index contributed by atoms with van der Waals surface area (Å²) in [6, 6.07) is 24.7. The van der Waals surface area contributed by atoms with E-state index in [1.807, 2.05) is 42.5 Å². The maximum absolute atomic E-state index is 15.0. The number of ether oxygens (including phenoxy) is 1. The second-order valence-electron chi connectivity index (χ2n) is 8.33. The van der Waals surface area contributed by atoms with E-state index in [4.69, 9.17) is 4.74 Å². The van der Waals surface area contributed by atoms with Crippen LogP contribution in [-0.4, -0.2) is 58.4 Å². The quantitative estimate of drug-likeness (QED) is 0.420. The van der Waals surface area contributed by atoms with Crippen LogP contribution in [0.15, 0.2) is 78.9 Å². The second-order valence-corrected chi connectivity index (χ2v) is 8.33. The number of para-hydroxylation sites is 1. The highest BCUT2D eigenvalue weighted by atomic mass is 19.1. The SMILES string of the molecule is COc1ccc(Cn2nnnc2[C@H](c2ccccc2F)N2CCN(c3ccccc3)CC2)cc1. The lowest BCUT2D eigenvalue weighted by Gasteiger charge is -2.40. The van der Waals surface area contributed by atoms with Gasteiger partial charge in [0.05, 0.1) is 13.7 Å². The van der Waals surface area contributed by atoms with Crippen LogP contribution in [0.2, 0.25) is 0 Å². The van der Waals surface area contributed by atoms with E-state index in [1.165, 1.54) is 11.8 Å². The van der Waals surface area contributed by atoms with Crippen LogP contribution in [0.4, 0.5) is 10.1 Å². The molecule has 0 spiro atoms. The molecule has 34 heavy (non-hydrogen) atoms. The van der Waals surface area contributed by atoms with E-state index in [0.29, 0.717) is 17.9 Å². The molecule has 1 aromatic heterocycles. The van der Waals surface area contributed by atoms with E-state index >= 15 is 4.39 Å². The predicted molar refractivity (Wildman–Crippen MR) is 128 cm³/mol. The van der Waals surface area contributed by atoms with Gasteiger partial charge in [0.25, 0.3) is 0 Å². The fraction of sp³-hybridized carbons (Fsp3) is 0.269. The van der Waals surface area contributed by atoms with Crippen LogP contribution in [0.3, 0.4) is 0 Å². The minimum Gasteiger partial charge on any atom is -0.497 e. The Morgan fingerprint density at radius 1 is 0.882 bits per heavy atom. The first-order valence-electron chi connectivity index (χ1n) is 11.4. The summed E-state index contributed by atoms with van der Waals surface area (Å²) in [4.78, 5) is 4.63. The smallest absolute Gasteiger partial charge is 0.173 e. The average molecular weight is 459 g/mol. The molecule has 0 amide bonds. The van der Waals surface area contributed by atoms with Crippen molar-refractivity contribution < 1.29 is 9.13 Å². The predicted octanol–water partition coefficient (Wildman–Crippen LogP) is 3.78. The number of rotatable bonds is 7. The Morgan fingerprint density at radius 2 is 1.59 bits per heavy atom. The third-order valence-corrected chi connectivity index (χ3v) is 6.30. The van der Waals surface area contributed by atoms with E-state index in [1.54, 1.807) is 17.9 Å². The van der Waals surface area contributed by atoms with Gasteiger partial charge in [0.1, 0.15) is 17.6 Å². The van der Waals surface area contributed by atoms with Gasteiger partial charge >= 0.3 is 0 Å². The second kappa shape index (κ2) is 10.0. The van der Waals surface area contributed by atoms with Gasteiger partial charge in [-0.3, -0.25) is 4.90 Å². The number of benzene rings is 3. The first-order valence-corrected chi connectivity index (χ1v) is 11.4. The fourth-order valence-electron chi connectivity index (χ4n) is 4.50. The maximum Gasteiger partial charge on any atom is 0.173 e. The number of piperazine rings is 1. The van der Waals surface area contributed by atoms with Crippen molar-refractivity contribution in [3.05, 3.63) is 102 Å². The van der Waals surface area contributed by atoms with Crippen LogP contribution in [-0.2, 0) is 6.54 Å². The highest BCUT2D eigenvalue weighted by molar-refractivity contribution is 5.46. The molecule has 0 N–H and O–H groups in total. The van der Waals surface area contributed by atoms with Crippen molar-refractivity contribution in [2.75, 3.05) is 38.2 Å². The number of aromatic nitrogens is 4. The summed E-state index contributed by atoms with van der Waals surface area (Å²) in [5.74, 6) is 1.17. The van der Waals surface area contributed by atoms with Crippen LogP contribution in [0.1, 0.15) is 23.0 Å². The third-order valence-electron chi connectivity index (χ3n) is 6.30. The van der Waals surface area contributed by atoms with Crippen molar-refractivity contribution in [3.63, 3.8) is 0 Å². The monoisotopic (exact) mass is 458 g/mol. The summed E-state index contributed by atoms with van der Waals surface area (Å²) in [6.07, 6.45) is 0. The highest BCUT2D eigenvalue weighted by Gasteiger charge is 2.32. The zero-order chi connectivity index (χ0) is 23.3. The molecule has 2 heterocycles. The van der Waals surface area contributed by atoms with Gasteiger partial charge in [-0.05, 0) is 46.3 Å². The van der Waals surface area contributed by atoms with Gasteiger partial charge in [-0.1, -0.05) is 48.5 Å². The molecule has 7 nitrogen and oxygen atoms in total. The van der Waals surface area contributed by atoms with Crippen LogP contribution in [0.25, 0.3) is 0 Å². The molecular weight excluding hydrogens is 431 g/mol. The van der Waals surface area contributed by atoms with Gasteiger partial charge < -0.3 is 9.64 Å². The number of hydrogen-bond donors (Lipinski definition) is 0. The normalized spacial score (nSPS) is 15.3. The summed E-state index contributed by atoms with van der Waals surface area (Å²) < 4.78 is 22.1. The lowest BCUT2D eigenvalue weighted by atomic mass is 10.0. The first kappa shape index (κ1) is 22.0. The topological polar surface area (TPSA) is 59.3 Å². The van der Waals surface area contributed by atoms with E-state index in [-0.39, 0.29) is 11.9 Å². The minimum absolute atomic E-state index is 0.253. The zero-order valence-electron chi connectivity index (χ0n) is 19.1. The molecule has 1 atom stereocenters. The van der Waals surface area contributed by atoms with Gasteiger partial charge in [0.15, 0.2) is 5.82 Å². The summed E-state index contributed by atoms with van der Waals surface area (Å²) in [6.45, 7) is 3.71. The molecule has 8 heteroatoms. The van der Waals surface area contributed by atoms with E-state index in [9.17, 15) is 0 Å². The zero-order valence-corrected chi connectivity index (χ0v) is 19.1. The van der Waals surface area contributed by atoms with Gasteiger partial charge in [0.2, 0.25) is 0 Å². The molecule has 5 rings (SSSR count). The Bertz CT molecular complexity index is 1210. The average Bonchev–Trinajstić information content (AvgIpc) is 3.34. The van der Waals surface area contributed by atoms with Crippen LogP contribution in [0, 0.1) is 5.82 Å². The largest absolute Gasteiger partial charge is 0.497 e. The first-order chi connectivity index (χ1) is 16.7. The van der Waals surface area contributed by atoms with Crippen LogP contribution in [0.5, 0.6) is 5.75 Å². The third kappa shape index (κ3) is 4.63. The molecule has 1 aliphatic heterocycles. The Kier molecular flexibility index (Phi) is 6.49. The summed E-state index contributed by atoms with van der Waals surface area (Å²) in [5, 5.41) is 12.6. The number of anilines is 1. The van der Waals surface area contributed by atoms with Crippen molar-refractivity contribution in [2.45, 2.75) is 12.6 Å². The molecule has 0 aliphatic carbocycles. The lowest BCUT2D eigenvalue weighted by molar-refractivity contribution is 0.198. The van der Waals surface area contributed by atoms with Gasteiger partial charge in [-0.15, -0.1) is 5.10 Å². The van der Waals surface area contributed by atoms with Crippen molar-refractivity contribution in [1.82, 2.24) is 25.1 Å². The highest BCUT2D eigenvalue weighted by Crippen LogP contribution is 2.31. The van der Waals surface area contributed by atoms with Crippen LogP contribution >= 0.6 is 0 Å². The van der Waals surface area contributed by atoms with Gasteiger partial charge in [-0.2, -0.15) is 0 Å². The standard InChI is InChI=1S/C26H27FN6O/c1-34-22-13-11-20(12-14-22)19-33-26(28-29-30-33)25(23-9-5-6-10-24(23)27)32-17-15-31(16-18-32)21-7-3-2-4-8-21/h2-14,25H,15-19H2,1H3/t25-/m0/s1. The number of hydrogen-bond acceptors (Lipinski definition) is 6. The molecule has 0 radical (unpaired) electrons. The molecule has 0 unspecified atom stereocenters. The molecule has 1 aliphatic rings. The van der Waals surface area contributed by atoms with Gasteiger partial charge in [-0.25, -0.2) is 9.07 Å². The lowest BCUT2D eigenvalue weighted by Crippen LogP contribution is -2.48. The van der Waals surface area contributed by atoms with E-state index < -0.39 is 0 Å².